The molecule has 3 nitrogen and oxygen atoms in total. The van der Waals surface area contributed by atoms with E-state index in [2.05, 4.69) is 21.2 Å². The molecule has 1 aromatic carbocycles. The zero-order valence-electron chi connectivity index (χ0n) is 11.2. The highest BCUT2D eigenvalue weighted by molar-refractivity contribution is 9.10. The van der Waals surface area contributed by atoms with Crippen molar-refractivity contribution < 1.29 is 9.21 Å². The van der Waals surface area contributed by atoms with E-state index >= 15 is 0 Å². The lowest BCUT2D eigenvalue weighted by molar-refractivity contribution is 0.0995. The molecule has 1 amide bonds. The first-order chi connectivity index (χ1) is 9.01. The molecule has 19 heavy (non-hydrogen) atoms. The number of carbonyl (C=O) groups is 1. The third-order valence-corrected chi connectivity index (χ3v) is 3.53. The summed E-state index contributed by atoms with van der Waals surface area (Å²) in [7, 11) is 0. The quantitative estimate of drug-likeness (QED) is 0.906. The zero-order valence-corrected chi connectivity index (χ0v) is 12.8. The summed E-state index contributed by atoms with van der Waals surface area (Å²) in [5.74, 6) is 0.918. The zero-order chi connectivity index (χ0) is 14.0. The molecule has 1 heterocycles. The van der Waals surface area contributed by atoms with Gasteiger partial charge in [0.15, 0.2) is 5.76 Å². The number of carbonyl (C=O) groups excluding carboxylic acids is 1. The van der Waals surface area contributed by atoms with Crippen molar-refractivity contribution in [2.24, 2.45) is 0 Å². The molecule has 100 valence electrons. The van der Waals surface area contributed by atoms with Gasteiger partial charge in [-0.05, 0) is 59.1 Å². The lowest BCUT2D eigenvalue weighted by atomic mass is 10.1. The third-order valence-electron chi connectivity index (χ3n) is 2.90. The Kier molecular flexibility index (Phi) is 4.10. The maximum atomic E-state index is 12.1. The van der Waals surface area contributed by atoms with Crippen LogP contribution in [0.1, 0.15) is 34.4 Å². The number of hydrogen-bond acceptors (Lipinski definition) is 2. The van der Waals surface area contributed by atoms with E-state index in [0.29, 0.717) is 5.76 Å². The minimum Gasteiger partial charge on any atom is -0.456 e. The van der Waals surface area contributed by atoms with Crippen LogP contribution in [0.4, 0.5) is 5.69 Å². The van der Waals surface area contributed by atoms with Crippen LogP contribution in [-0.4, -0.2) is 5.91 Å². The van der Waals surface area contributed by atoms with Gasteiger partial charge in [-0.25, -0.2) is 0 Å². The van der Waals surface area contributed by atoms with Gasteiger partial charge in [0.1, 0.15) is 5.76 Å². The Bertz CT molecular complexity index is 593. The molecule has 2 aromatic rings. The highest BCUT2D eigenvalue weighted by Gasteiger charge is 2.14. The highest BCUT2D eigenvalue weighted by Crippen LogP contribution is 2.28. The maximum Gasteiger partial charge on any atom is 0.291 e. The minimum absolute atomic E-state index is 0.229. The van der Waals surface area contributed by atoms with Gasteiger partial charge in [-0.3, -0.25) is 4.79 Å². The Morgan fingerprint density at radius 1 is 1.32 bits per heavy atom. The molecular weight excluding hydrogens is 306 g/mol. The highest BCUT2D eigenvalue weighted by atomic mass is 79.9. The van der Waals surface area contributed by atoms with E-state index in [1.807, 2.05) is 39.0 Å². The van der Waals surface area contributed by atoms with Crippen molar-refractivity contribution in [1.29, 1.82) is 0 Å². The standard InChI is InChI=1S/C15H16BrNO2/c1-4-11-5-6-13(19-11)15(18)17-14-10(3)7-9(2)8-12(14)16/h5-8H,4H2,1-3H3,(H,17,18). The molecule has 1 aromatic heterocycles. The second kappa shape index (κ2) is 5.61. The second-order valence-corrected chi connectivity index (χ2v) is 5.37. The molecule has 0 spiro atoms. The summed E-state index contributed by atoms with van der Waals surface area (Å²) in [6.07, 6.45) is 0.778. The van der Waals surface area contributed by atoms with Crippen LogP contribution in [0.15, 0.2) is 33.2 Å². The summed E-state index contributed by atoms with van der Waals surface area (Å²) in [4.78, 5) is 12.1. The largest absolute Gasteiger partial charge is 0.456 e. The summed E-state index contributed by atoms with van der Waals surface area (Å²) >= 11 is 3.47. The van der Waals surface area contributed by atoms with Crippen LogP contribution in [0.3, 0.4) is 0 Å². The van der Waals surface area contributed by atoms with Gasteiger partial charge in [0.25, 0.3) is 5.91 Å². The van der Waals surface area contributed by atoms with Crippen molar-refractivity contribution in [1.82, 2.24) is 0 Å². The molecule has 0 saturated heterocycles. The first-order valence-corrected chi connectivity index (χ1v) is 6.97. The van der Waals surface area contributed by atoms with Gasteiger partial charge in [-0.2, -0.15) is 0 Å². The van der Waals surface area contributed by atoms with E-state index < -0.39 is 0 Å². The summed E-state index contributed by atoms with van der Waals surface area (Å²) in [5, 5.41) is 2.88. The predicted octanol–water partition coefficient (Wildman–Crippen LogP) is 4.47. The topological polar surface area (TPSA) is 42.2 Å². The normalized spacial score (nSPS) is 10.5. The van der Waals surface area contributed by atoms with Gasteiger partial charge in [-0.1, -0.05) is 13.0 Å². The summed E-state index contributed by atoms with van der Waals surface area (Å²) < 4.78 is 6.32. The van der Waals surface area contributed by atoms with Crippen LogP contribution in [0.2, 0.25) is 0 Å². The van der Waals surface area contributed by atoms with E-state index in [0.717, 1.165) is 33.5 Å². The second-order valence-electron chi connectivity index (χ2n) is 4.51. The van der Waals surface area contributed by atoms with Gasteiger partial charge in [0.2, 0.25) is 0 Å². The number of nitrogens with one attached hydrogen (secondary N) is 1. The van der Waals surface area contributed by atoms with Crippen LogP contribution in [0, 0.1) is 13.8 Å². The van der Waals surface area contributed by atoms with E-state index in [4.69, 9.17) is 4.42 Å². The van der Waals surface area contributed by atoms with Gasteiger partial charge in [0.05, 0.1) is 5.69 Å². The molecule has 0 atom stereocenters. The average molecular weight is 322 g/mol. The molecule has 4 heteroatoms. The molecule has 0 radical (unpaired) electrons. The average Bonchev–Trinajstić information content (AvgIpc) is 2.82. The van der Waals surface area contributed by atoms with Crippen molar-refractivity contribution in [3.05, 3.63) is 51.4 Å². The van der Waals surface area contributed by atoms with Gasteiger partial charge in [0, 0.05) is 10.9 Å². The number of aryl methyl sites for hydroxylation is 3. The van der Waals surface area contributed by atoms with E-state index in [-0.39, 0.29) is 5.91 Å². The summed E-state index contributed by atoms with van der Waals surface area (Å²) in [6.45, 7) is 5.97. The van der Waals surface area contributed by atoms with Crippen molar-refractivity contribution in [2.75, 3.05) is 5.32 Å². The molecule has 0 unspecified atom stereocenters. The summed E-state index contributed by atoms with van der Waals surface area (Å²) in [5.41, 5.74) is 2.95. The first-order valence-electron chi connectivity index (χ1n) is 6.18. The molecule has 0 saturated carbocycles. The van der Waals surface area contributed by atoms with E-state index in [1.54, 1.807) is 6.07 Å². The number of furan rings is 1. The Morgan fingerprint density at radius 2 is 2.05 bits per heavy atom. The first kappa shape index (κ1) is 13.9. The minimum atomic E-state index is -0.229. The van der Waals surface area contributed by atoms with Crippen LogP contribution >= 0.6 is 15.9 Å². The third kappa shape index (κ3) is 3.07. The smallest absolute Gasteiger partial charge is 0.291 e. The van der Waals surface area contributed by atoms with Gasteiger partial charge < -0.3 is 9.73 Å². The predicted molar refractivity (Wildman–Crippen MR) is 79.7 cm³/mol. The van der Waals surface area contributed by atoms with E-state index in [1.165, 1.54) is 0 Å². The number of halogens is 1. The van der Waals surface area contributed by atoms with E-state index in [9.17, 15) is 4.79 Å². The fraction of sp³-hybridized carbons (Fsp3) is 0.267. The molecule has 0 fully saturated rings. The van der Waals surface area contributed by atoms with Crippen LogP contribution in [0.25, 0.3) is 0 Å². The van der Waals surface area contributed by atoms with Gasteiger partial charge in [-0.15, -0.1) is 0 Å². The molecular formula is C15H16BrNO2. The van der Waals surface area contributed by atoms with Crippen LogP contribution < -0.4 is 5.32 Å². The van der Waals surface area contributed by atoms with Crippen LogP contribution in [0.5, 0.6) is 0 Å². The van der Waals surface area contributed by atoms with Crippen molar-refractivity contribution in [3.63, 3.8) is 0 Å². The summed E-state index contributed by atoms with van der Waals surface area (Å²) in [6, 6.07) is 7.53. The molecule has 0 aliphatic carbocycles. The number of benzene rings is 1. The lowest BCUT2D eigenvalue weighted by Gasteiger charge is -2.10. The molecule has 0 bridgehead atoms. The van der Waals surface area contributed by atoms with Crippen molar-refractivity contribution in [3.8, 4) is 0 Å². The maximum absolute atomic E-state index is 12.1. The molecule has 0 aliphatic heterocycles. The Hall–Kier alpha value is -1.55. The number of rotatable bonds is 3. The Labute approximate surface area is 121 Å². The molecule has 0 aliphatic rings. The molecule has 1 N–H and O–H groups in total. The van der Waals surface area contributed by atoms with Crippen LogP contribution in [-0.2, 0) is 6.42 Å². The number of hydrogen-bond donors (Lipinski definition) is 1. The fourth-order valence-electron chi connectivity index (χ4n) is 1.94. The number of anilines is 1. The van der Waals surface area contributed by atoms with Crippen molar-refractivity contribution >= 4 is 27.5 Å². The monoisotopic (exact) mass is 321 g/mol. The number of amides is 1. The molecule has 2 rings (SSSR count). The Balaban J connectivity index is 2.24. The fourth-order valence-corrected chi connectivity index (χ4v) is 2.71. The SMILES string of the molecule is CCc1ccc(C(=O)Nc2c(C)cc(C)cc2Br)o1. The Morgan fingerprint density at radius 3 is 2.63 bits per heavy atom. The van der Waals surface area contributed by atoms with Crippen molar-refractivity contribution in [2.45, 2.75) is 27.2 Å². The van der Waals surface area contributed by atoms with Gasteiger partial charge >= 0.3 is 0 Å². The lowest BCUT2D eigenvalue weighted by Crippen LogP contribution is -2.12.